The van der Waals surface area contributed by atoms with Gasteiger partial charge >= 0.3 is 0 Å². The highest BCUT2D eigenvalue weighted by atomic mass is 32.2. The molecule has 0 bridgehead atoms. The molecule has 1 atom stereocenters. The maximum atomic E-state index is 13.9. The SMILES string of the molecule is CC(=O)N(c1ccc(C)c(C)c1)c1nc(CSC(C)c2ccccc2F)cs1. The molecule has 146 valence electrons. The number of carbonyl (C=O) groups excluding carboxylic acids is 1. The Morgan fingerprint density at radius 1 is 1.21 bits per heavy atom. The lowest BCUT2D eigenvalue weighted by atomic mass is 10.1. The van der Waals surface area contributed by atoms with Gasteiger partial charge in [-0.15, -0.1) is 23.1 Å². The first-order chi connectivity index (χ1) is 13.4. The van der Waals surface area contributed by atoms with Crippen LogP contribution in [-0.4, -0.2) is 10.9 Å². The minimum Gasteiger partial charge on any atom is -0.274 e. The molecule has 0 saturated heterocycles. The molecule has 28 heavy (non-hydrogen) atoms. The minimum atomic E-state index is -0.182. The molecular formula is C22H23FN2OS2. The lowest BCUT2D eigenvalue weighted by molar-refractivity contribution is -0.115. The topological polar surface area (TPSA) is 33.2 Å². The van der Waals surface area contributed by atoms with Gasteiger partial charge in [0.25, 0.3) is 0 Å². The fourth-order valence-corrected chi connectivity index (χ4v) is 4.79. The molecule has 3 rings (SSSR count). The van der Waals surface area contributed by atoms with Crippen molar-refractivity contribution in [2.24, 2.45) is 0 Å². The molecule has 0 saturated carbocycles. The van der Waals surface area contributed by atoms with E-state index in [0.717, 1.165) is 16.9 Å². The number of nitrogens with zero attached hydrogens (tertiary/aromatic N) is 2. The van der Waals surface area contributed by atoms with E-state index in [1.807, 2.05) is 56.5 Å². The quantitative estimate of drug-likeness (QED) is 0.457. The summed E-state index contributed by atoms with van der Waals surface area (Å²) >= 11 is 3.08. The molecule has 1 amide bonds. The van der Waals surface area contributed by atoms with Gasteiger partial charge in [0.1, 0.15) is 5.82 Å². The number of carbonyl (C=O) groups is 1. The van der Waals surface area contributed by atoms with Crippen molar-refractivity contribution in [2.75, 3.05) is 4.90 Å². The fourth-order valence-electron chi connectivity index (χ4n) is 2.86. The highest BCUT2D eigenvalue weighted by molar-refractivity contribution is 7.98. The maximum absolute atomic E-state index is 13.9. The molecule has 1 aromatic heterocycles. The summed E-state index contributed by atoms with van der Waals surface area (Å²) in [7, 11) is 0. The van der Waals surface area contributed by atoms with Crippen molar-refractivity contribution in [2.45, 2.75) is 38.7 Å². The van der Waals surface area contributed by atoms with Gasteiger partial charge in [0.05, 0.1) is 11.4 Å². The summed E-state index contributed by atoms with van der Waals surface area (Å²) in [4.78, 5) is 18.6. The largest absolute Gasteiger partial charge is 0.274 e. The van der Waals surface area contributed by atoms with Crippen LogP contribution >= 0.6 is 23.1 Å². The number of thiazole rings is 1. The Labute approximate surface area is 173 Å². The Hall–Kier alpha value is -2.18. The van der Waals surface area contributed by atoms with Crippen molar-refractivity contribution in [1.29, 1.82) is 0 Å². The van der Waals surface area contributed by atoms with Crippen LogP contribution in [0.25, 0.3) is 0 Å². The first-order valence-corrected chi connectivity index (χ1v) is 11.0. The summed E-state index contributed by atoms with van der Waals surface area (Å²) in [5, 5.41) is 2.65. The van der Waals surface area contributed by atoms with Gasteiger partial charge in [-0.3, -0.25) is 9.69 Å². The van der Waals surface area contributed by atoms with E-state index in [1.54, 1.807) is 29.7 Å². The molecule has 0 aliphatic rings. The van der Waals surface area contributed by atoms with Crippen LogP contribution in [-0.2, 0) is 10.5 Å². The number of aryl methyl sites for hydroxylation is 2. The highest BCUT2D eigenvalue weighted by Crippen LogP contribution is 2.35. The van der Waals surface area contributed by atoms with Crippen molar-refractivity contribution in [3.05, 3.63) is 76.0 Å². The van der Waals surface area contributed by atoms with E-state index in [9.17, 15) is 9.18 Å². The van der Waals surface area contributed by atoms with E-state index in [2.05, 4.69) is 4.98 Å². The van der Waals surface area contributed by atoms with Crippen LogP contribution in [0.2, 0.25) is 0 Å². The number of hydrogen-bond donors (Lipinski definition) is 0. The normalized spacial score (nSPS) is 12.0. The monoisotopic (exact) mass is 414 g/mol. The predicted octanol–water partition coefficient (Wildman–Crippen LogP) is 6.58. The van der Waals surface area contributed by atoms with Gasteiger partial charge in [0.2, 0.25) is 5.91 Å². The van der Waals surface area contributed by atoms with Crippen LogP contribution in [0.5, 0.6) is 0 Å². The lowest BCUT2D eigenvalue weighted by Gasteiger charge is -2.19. The molecule has 0 fully saturated rings. The maximum Gasteiger partial charge on any atom is 0.230 e. The third-order valence-electron chi connectivity index (χ3n) is 4.62. The average Bonchev–Trinajstić information content (AvgIpc) is 3.11. The summed E-state index contributed by atoms with van der Waals surface area (Å²) in [5.74, 6) is 0.403. The van der Waals surface area contributed by atoms with Crippen molar-refractivity contribution >= 4 is 39.8 Å². The van der Waals surface area contributed by atoms with Gasteiger partial charge < -0.3 is 0 Å². The number of aromatic nitrogens is 1. The summed E-state index contributed by atoms with van der Waals surface area (Å²) in [5.41, 5.74) is 4.73. The van der Waals surface area contributed by atoms with Crippen molar-refractivity contribution in [3.8, 4) is 0 Å². The fraction of sp³-hybridized carbons (Fsp3) is 0.273. The van der Waals surface area contributed by atoms with E-state index in [-0.39, 0.29) is 17.0 Å². The number of halogens is 1. The number of amides is 1. The van der Waals surface area contributed by atoms with Gasteiger partial charge in [0.15, 0.2) is 5.13 Å². The van der Waals surface area contributed by atoms with Gasteiger partial charge in [-0.1, -0.05) is 24.3 Å². The second-order valence-electron chi connectivity index (χ2n) is 6.72. The Kier molecular flexibility index (Phi) is 6.52. The van der Waals surface area contributed by atoms with Crippen molar-refractivity contribution in [1.82, 2.24) is 4.98 Å². The van der Waals surface area contributed by atoms with Gasteiger partial charge in [-0.05, 0) is 50.1 Å². The molecule has 0 N–H and O–H groups in total. The van der Waals surface area contributed by atoms with E-state index in [4.69, 9.17) is 0 Å². The molecule has 0 radical (unpaired) electrons. The van der Waals surface area contributed by atoms with Crippen molar-refractivity contribution < 1.29 is 9.18 Å². The van der Waals surface area contributed by atoms with Crippen LogP contribution < -0.4 is 4.90 Å². The first kappa shape index (κ1) is 20.6. The predicted molar refractivity (Wildman–Crippen MR) is 117 cm³/mol. The minimum absolute atomic E-state index is 0.0232. The summed E-state index contributed by atoms with van der Waals surface area (Å²) in [6.45, 7) is 7.62. The number of anilines is 2. The Balaban J connectivity index is 1.75. The highest BCUT2D eigenvalue weighted by Gasteiger charge is 2.19. The van der Waals surface area contributed by atoms with Gasteiger partial charge in [-0.2, -0.15) is 0 Å². The van der Waals surface area contributed by atoms with E-state index < -0.39 is 0 Å². The van der Waals surface area contributed by atoms with Crippen LogP contribution in [0.3, 0.4) is 0 Å². The zero-order valence-corrected chi connectivity index (χ0v) is 18.0. The molecule has 0 spiro atoms. The molecule has 1 heterocycles. The van der Waals surface area contributed by atoms with Crippen LogP contribution in [0.15, 0.2) is 47.8 Å². The molecular weight excluding hydrogens is 391 g/mol. The number of benzene rings is 2. The third kappa shape index (κ3) is 4.62. The summed E-state index contributed by atoms with van der Waals surface area (Å²) in [6, 6.07) is 12.8. The summed E-state index contributed by atoms with van der Waals surface area (Å²) in [6.07, 6.45) is 0. The van der Waals surface area contributed by atoms with Crippen molar-refractivity contribution in [3.63, 3.8) is 0 Å². The molecule has 0 aliphatic heterocycles. The molecule has 1 unspecified atom stereocenters. The molecule has 3 aromatic rings. The number of rotatable bonds is 6. The Morgan fingerprint density at radius 3 is 2.64 bits per heavy atom. The first-order valence-electron chi connectivity index (χ1n) is 9.05. The molecule has 2 aromatic carbocycles. The summed E-state index contributed by atoms with van der Waals surface area (Å²) < 4.78 is 13.9. The lowest BCUT2D eigenvalue weighted by Crippen LogP contribution is -2.22. The zero-order valence-electron chi connectivity index (χ0n) is 16.4. The van der Waals surface area contributed by atoms with Crippen LogP contribution in [0, 0.1) is 19.7 Å². The Morgan fingerprint density at radius 2 is 1.96 bits per heavy atom. The second kappa shape index (κ2) is 8.88. The third-order valence-corrected chi connectivity index (χ3v) is 6.71. The zero-order chi connectivity index (χ0) is 20.3. The molecule has 0 aliphatic carbocycles. The van der Waals surface area contributed by atoms with E-state index in [0.29, 0.717) is 16.4 Å². The molecule has 3 nitrogen and oxygen atoms in total. The smallest absolute Gasteiger partial charge is 0.230 e. The standard InChI is InChI=1S/C22H23FN2OS2/c1-14-9-10-19(11-15(14)2)25(17(4)26)22-24-18(13-28-22)12-27-16(3)20-7-5-6-8-21(20)23/h5-11,13,16H,12H2,1-4H3. The average molecular weight is 415 g/mol. The Bertz CT molecular complexity index is 986. The van der Waals surface area contributed by atoms with E-state index in [1.165, 1.54) is 23.0 Å². The van der Waals surface area contributed by atoms with Crippen LogP contribution in [0.1, 0.15) is 41.5 Å². The number of thioether (sulfide) groups is 1. The molecule has 6 heteroatoms. The number of hydrogen-bond acceptors (Lipinski definition) is 4. The van der Waals surface area contributed by atoms with Gasteiger partial charge in [-0.25, -0.2) is 9.37 Å². The van der Waals surface area contributed by atoms with Gasteiger partial charge in [0, 0.05) is 28.9 Å². The second-order valence-corrected chi connectivity index (χ2v) is 8.88. The van der Waals surface area contributed by atoms with Crippen LogP contribution in [0.4, 0.5) is 15.2 Å². The van der Waals surface area contributed by atoms with E-state index >= 15 is 0 Å².